The van der Waals surface area contributed by atoms with Crippen LogP contribution in [0.5, 0.6) is 0 Å². The molecule has 17 heavy (non-hydrogen) atoms. The van der Waals surface area contributed by atoms with Gasteiger partial charge in [-0.05, 0) is 17.7 Å². The lowest BCUT2D eigenvalue weighted by Crippen LogP contribution is -1.98. The Balaban J connectivity index is 3.16. The summed E-state index contributed by atoms with van der Waals surface area (Å²) in [5.41, 5.74) is 0.506. The van der Waals surface area contributed by atoms with Crippen LogP contribution in [-0.2, 0) is 0 Å². The Morgan fingerprint density at radius 1 is 1.59 bits per heavy atom. The summed E-state index contributed by atoms with van der Waals surface area (Å²) in [6.45, 7) is 1.66. The first-order valence-electron chi connectivity index (χ1n) is 4.83. The molecule has 0 heterocycles. The van der Waals surface area contributed by atoms with Gasteiger partial charge in [0.25, 0.3) is 0 Å². The summed E-state index contributed by atoms with van der Waals surface area (Å²) in [6.07, 6.45) is 1.61. The van der Waals surface area contributed by atoms with Crippen LogP contribution in [0.15, 0.2) is 23.9 Å². The van der Waals surface area contributed by atoms with Crippen LogP contribution in [0.1, 0.15) is 29.3 Å². The molecule has 1 aromatic carbocycles. The lowest BCUT2D eigenvalue weighted by Gasteiger charge is -2.01. The van der Waals surface area contributed by atoms with E-state index in [1.54, 1.807) is 6.92 Å². The average Bonchev–Trinajstić information content (AvgIpc) is 2.26. The summed E-state index contributed by atoms with van der Waals surface area (Å²) < 4.78 is 0. The van der Waals surface area contributed by atoms with Crippen molar-refractivity contribution >= 4 is 23.6 Å². The normalized spacial score (nSPS) is 11.3. The van der Waals surface area contributed by atoms with E-state index in [2.05, 4.69) is 0 Å². The van der Waals surface area contributed by atoms with Crippen molar-refractivity contribution in [2.24, 2.45) is 0 Å². The maximum Gasteiger partial charge on any atom is 0.335 e. The van der Waals surface area contributed by atoms with Crippen molar-refractivity contribution in [2.45, 2.75) is 13.3 Å². The topological polar surface area (TPSA) is 80.4 Å². The molecule has 0 atom stereocenters. The van der Waals surface area contributed by atoms with E-state index >= 15 is 0 Å². The van der Waals surface area contributed by atoms with Gasteiger partial charge in [-0.2, -0.15) is 0 Å². The van der Waals surface area contributed by atoms with Gasteiger partial charge in [0, 0.05) is 17.5 Å². The molecule has 0 radical (unpaired) electrons. The predicted molar refractivity (Wildman–Crippen MR) is 63.7 cm³/mol. The van der Waals surface area contributed by atoms with Gasteiger partial charge in [-0.15, -0.1) is 0 Å². The van der Waals surface area contributed by atoms with Crippen LogP contribution < -0.4 is 0 Å². The highest BCUT2D eigenvalue weighted by atomic mass is 35.5. The summed E-state index contributed by atoms with van der Waals surface area (Å²) in [4.78, 5) is 20.8. The van der Waals surface area contributed by atoms with Crippen molar-refractivity contribution in [1.82, 2.24) is 0 Å². The van der Waals surface area contributed by atoms with Gasteiger partial charge in [0.1, 0.15) is 0 Å². The van der Waals surface area contributed by atoms with Crippen molar-refractivity contribution in [3.05, 3.63) is 50.2 Å². The first-order chi connectivity index (χ1) is 7.95. The number of nitro groups is 1. The second kappa shape index (κ2) is 5.45. The van der Waals surface area contributed by atoms with Crippen LogP contribution in [0.2, 0.25) is 5.02 Å². The fourth-order valence-electron chi connectivity index (χ4n) is 1.24. The molecule has 0 saturated carbocycles. The maximum atomic E-state index is 10.7. The van der Waals surface area contributed by atoms with Crippen molar-refractivity contribution in [1.29, 1.82) is 0 Å². The Morgan fingerprint density at radius 3 is 2.65 bits per heavy atom. The Morgan fingerprint density at radius 2 is 2.24 bits per heavy atom. The molecule has 0 aliphatic heterocycles. The van der Waals surface area contributed by atoms with E-state index in [0.29, 0.717) is 5.56 Å². The number of hydrogen-bond donors (Lipinski definition) is 1. The summed E-state index contributed by atoms with van der Waals surface area (Å²) in [7, 11) is 0. The second-order valence-corrected chi connectivity index (χ2v) is 3.69. The molecule has 0 aliphatic carbocycles. The summed E-state index contributed by atoms with van der Waals surface area (Å²) in [6, 6.07) is 4.07. The van der Waals surface area contributed by atoms with E-state index in [1.165, 1.54) is 24.3 Å². The molecule has 0 unspecified atom stereocenters. The van der Waals surface area contributed by atoms with Gasteiger partial charge < -0.3 is 5.11 Å². The highest BCUT2D eigenvalue weighted by Gasteiger charge is 2.10. The zero-order valence-corrected chi connectivity index (χ0v) is 9.77. The van der Waals surface area contributed by atoms with Crippen LogP contribution in [0.3, 0.4) is 0 Å². The zero-order chi connectivity index (χ0) is 13.0. The van der Waals surface area contributed by atoms with Gasteiger partial charge in [0.05, 0.1) is 10.5 Å². The van der Waals surface area contributed by atoms with Gasteiger partial charge in [0.15, 0.2) is 0 Å². The average molecular weight is 256 g/mol. The second-order valence-electron chi connectivity index (χ2n) is 3.29. The SMILES string of the molecule is CC/C(=C\c1ccc(C(=O)O)cc1Cl)[N+](=O)[O-]. The van der Waals surface area contributed by atoms with E-state index in [4.69, 9.17) is 16.7 Å². The Hall–Kier alpha value is -1.88. The molecule has 0 aliphatic rings. The van der Waals surface area contributed by atoms with E-state index in [0.717, 1.165) is 0 Å². The molecular weight excluding hydrogens is 246 g/mol. The first-order valence-corrected chi connectivity index (χ1v) is 5.21. The quantitative estimate of drug-likeness (QED) is 0.662. The molecule has 0 spiro atoms. The fraction of sp³-hybridized carbons (Fsp3) is 0.182. The number of hydrogen-bond acceptors (Lipinski definition) is 3. The first kappa shape index (κ1) is 13.2. The van der Waals surface area contributed by atoms with E-state index in [-0.39, 0.29) is 22.7 Å². The number of rotatable bonds is 4. The van der Waals surface area contributed by atoms with Gasteiger partial charge in [0.2, 0.25) is 5.70 Å². The van der Waals surface area contributed by atoms with Crippen molar-refractivity contribution in [3.63, 3.8) is 0 Å². The number of allylic oxidation sites excluding steroid dienone is 1. The highest BCUT2D eigenvalue weighted by Crippen LogP contribution is 2.21. The largest absolute Gasteiger partial charge is 0.478 e. The number of aromatic carboxylic acids is 1. The minimum Gasteiger partial charge on any atom is -0.478 e. The molecule has 0 fully saturated rings. The zero-order valence-electron chi connectivity index (χ0n) is 9.01. The van der Waals surface area contributed by atoms with Crippen molar-refractivity contribution in [2.75, 3.05) is 0 Å². The number of nitrogens with zero attached hydrogens (tertiary/aromatic N) is 1. The summed E-state index contributed by atoms with van der Waals surface area (Å²) in [5.74, 6) is -1.09. The van der Waals surface area contributed by atoms with Crippen LogP contribution in [0, 0.1) is 10.1 Å². The number of halogens is 1. The third-order valence-electron chi connectivity index (χ3n) is 2.17. The van der Waals surface area contributed by atoms with Crippen molar-refractivity contribution < 1.29 is 14.8 Å². The molecule has 90 valence electrons. The maximum absolute atomic E-state index is 10.7. The highest BCUT2D eigenvalue weighted by molar-refractivity contribution is 6.32. The smallest absolute Gasteiger partial charge is 0.335 e. The molecule has 1 N–H and O–H groups in total. The van der Waals surface area contributed by atoms with Crippen LogP contribution in [-0.4, -0.2) is 16.0 Å². The van der Waals surface area contributed by atoms with Gasteiger partial charge in [-0.3, -0.25) is 10.1 Å². The molecule has 0 aromatic heterocycles. The van der Waals surface area contributed by atoms with E-state index in [1.807, 2.05) is 0 Å². The summed E-state index contributed by atoms with van der Waals surface area (Å²) >= 11 is 5.85. The molecule has 0 saturated heterocycles. The number of carboxylic acids is 1. The van der Waals surface area contributed by atoms with Crippen molar-refractivity contribution in [3.8, 4) is 0 Å². The van der Waals surface area contributed by atoms with Gasteiger partial charge >= 0.3 is 5.97 Å². The fourth-order valence-corrected chi connectivity index (χ4v) is 1.48. The number of carboxylic acid groups (broad SMARTS) is 1. The molecule has 0 amide bonds. The van der Waals surface area contributed by atoms with Crippen LogP contribution >= 0.6 is 11.6 Å². The van der Waals surface area contributed by atoms with Crippen LogP contribution in [0.25, 0.3) is 6.08 Å². The minimum atomic E-state index is -1.09. The molecule has 1 rings (SSSR count). The third-order valence-corrected chi connectivity index (χ3v) is 2.49. The Bertz CT molecular complexity index is 496. The molecule has 6 heteroatoms. The Labute approximate surface area is 102 Å². The standard InChI is InChI=1S/C11H10ClNO4/c1-2-9(13(16)17)5-7-3-4-8(11(14)15)6-10(7)12/h3-6H,2H2,1H3,(H,14,15)/b9-5+. The molecule has 0 bridgehead atoms. The van der Waals surface area contributed by atoms with Gasteiger partial charge in [-0.25, -0.2) is 4.79 Å². The van der Waals surface area contributed by atoms with Gasteiger partial charge in [-0.1, -0.05) is 24.6 Å². The Kier molecular flexibility index (Phi) is 4.23. The third kappa shape index (κ3) is 3.29. The van der Waals surface area contributed by atoms with Crippen LogP contribution in [0.4, 0.5) is 0 Å². The predicted octanol–water partition coefficient (Wildman–Crippen LogP) is 3.07. The number of carbonyl (C=O) groups is 1. The molecule has 1 aromatic rings. The summed E-state index contributed by atoms with van der Waals surface area (Å²) in [5, 5.41) is 19.5. The van der Waals surface area contributed by atoms with E-state index in [9.17, 15) is 14.9 Å². The lowest BCUT2D eigenvalue weighted by atomic mass is 10.1. The molecular formula is C11H10ClNO4. The lowest BCUT2D eigenvalue weighted by molar-refractivity contribution is -0.425. The number of benzene rings is 1. The molecule has 5 nitrogen and oxygen atoms in total. The minimum absolute atomic E-state index is 0.0231. The monoisotopic (exact) mass is 255 g/mol. The van der Waals surface area contributed by atoms with E-state index < -0.39 is 10.9 Å².